The predicted molar refractivity (Wildman–Crippen MR) is 80.2 cm³/mol. The minimum absolute atomic E-state index is 0.173. The topological polar surface area (TPSA) is 62.5 Å². The maximum Gasteiger partial charge on any atom is 0.326 e. The van der Waals surface area contributed by atoms with Crippen molar-refractivity contribution in [1.82, 2.24) is 9.47 Å². The lowest BCUT2D eigenvalue weighted by Crippen LogP contribution is -2.56. The van der Waals surface area contributed by atoms with Crippen molar-refractivity contribution >= 4 is 11.9 Å². The highest BCUT2D eigenvalue weighted by Crippen LogP contribution is 2.36. The smallest absolute Gasteiger partial charge is 0.326 e. The predicted octanol–water partition coefficient (Wildman–Crippen LogP) is 2.61. The van der Waals surface area contributed by atoms with Crippen LogP contribution in [-0.4, -0.2) is 39.0 Å². The lowest BCUT2D eigenvalue weighted by molar-refractivity contribution is -0.148. The first kappa shape index (κ1) is 15.6. The van der Waals surface area contributed by atoms with Crippen molar-refractivity contribution in [1.29, 1.82) is 0 Å². The summed E-state index contributed by atoms with van der Waals surface area (Å²) in [6.45, 7) is 7.19. The van der Waals surface area contributed by atoms with Gasteiger partial charge in [-0.1, -0.05) is 20.8 Å². The van der Waals surface area contributed by atoms with Gasteiger partial charge in [-0.3, -0.25) is 4.79 Å². The highest BCUT2D eigenvalue weighted by molar-refractivity contribution is 5.95. The summed E-state index contributed by atoms with van der Waals surface area (Å²) in [6.07, 6.45) is 4.48. The molecule has 116 valence electrons. The van der Waals surface area contributed by atoms with Crippen molar-refractivity contribution in [2.45, 2.75) is 52.6 Å². The fourth-order valence-corrected chi connectivity index (χ4v) is 3.27. The average molecular weight is 292 g/mol. The highest BCUT2D eigenvalue weighted by atomic mass is 16.4. The van der Waals surface area contributed by atoms with Gasteiger partial charge in [-0.25, -0.2) is 4.79 Å². The zero-order chi connectivity index (χ0) is 15.6. The van der Waals surface area contributed by atoms with Gasteiger partial charge in [0.2, 0.25) is 0 Å². The van der Waals surface area contributed by atoms with Crippen LogP contribution < -0.4 is 0 Å². The van der Waals surface area contributed by atoms with Crippen LogP contribution in [0.5, 0.6) is 0 Å². The summed E-state index contributed by atoms with van der Waals surface area (Å²) in [5, 5.41) is 9.56. The summed E-state index contributed by atoms with van der Waals surface area (Å²) in [5.74, 6) is -1.09. The molecule has 1 aliphatic rings. The summed E-state index contributed by atoms with van der Waals surface area (Å²) >= 11 is 0. The van der Waals surface area contributed by atoms with Gasteiger partial charge in [0.25, 0.3) is 5.91 Å². The van der Waals surface area contributed by atoms with Gasteiger partial charge in [0, 0.05) is 19.3 Å². The van der Waals surface area contributed by atoms with Gasteiger partial charge in [-0.2, -0.15) is 0 Å². The second kappa shape index (κ2) is 5.92. The molecule has 5 heteroatoms. The van der Waals surface area contributed by atoms with Gasteiger partial charge in [0.05, 0.1) is 0 Å². The number of nitrogens with zero attached hydrogens (tertiary/aromatic N) is 2. The molecule has 1 amide bonds. The number of carboxylic acid groups (broad SMARTS) is 1. The van der Waals surface area contributed by atoms with Crippen LogP contribution in [0, 0.1) is 5.41 Å². The van der Waals surface area contributed by atoms with E-state index < -0.39 is 17.4 Å². The van der Waals surface area contributed by atoms with E-state index in [9.17, 15) is 14.7 Å². The fraction of sp³-hybridized carbons (Fsp3) is 0.625. The van der Waals surface area contributed by atoms with Gasteiger partial charge >= 0.3 is 5.97 Å². The zero-order valence-corrected chi connectivity index (χ0v) is 13.0. The van der Waals surface area contributed by atoms with Crippen LogP contribution in [0.1, 0.15) is 50.5 Å². The quantitative estimate of drug-likeness (QED) is 0.928. The first-order chi connectivity index (χ1) is 9.88. The minimum Gasteiger partial charge on any atom is -0.480 e. The Morgan fingerprint density at radius 1 is 1.43 bits per heavy atom. The third kappa shape index (κ3) is 2.96. The summed E-state index contributed by atoms with van der Waals surface area (Å²) in [4.78, 5) is 26.0. The number of hydrogen-bond acceptors (Lipinski definition) is 2. The second-order valence-electron chi connectivity index (χ2n) is 6.42. The Morgan fingerprint density at radius 2 is 2.14 bits per heavy atom. The van der Waals surface area contributed by atoms with Gasteiger partial charge in [0.15, 0.2) is 0 Å². The molecule has 1 atom stereocenters. The second-order valence-corrected chi connectivity index (χ2v) is 6.42. The van der Waals surface area contributed by atoms with Crippen molar-refractivity contribution in [3.8, 4) is 0 Å². The Bertz CT molecular complexity index is 533. The van der Waals surface area contributed by atoms with E-state index >= 15 is 0 Å². The molecule has 0 radical (unpaired) electrons. The van der Waals surface area contributed by atoms with E-state index in [1.54, 1.807) is 6.07 Å². The number of carboxylic acids is 1. The number of hydrogen-bond donors (Lipinski definition) is 1. The Kier molecular flexibility index (Phi) is 4.40. The number of carbonyl (C=O) groups is 2. The summed E-state index contributed by atoms with van der Waals surface area (Å²) in [7, 11) is 0. The lowest BCUT2D eigenvalue weighted by Gasteiger charge is -2.44. The molecule has 0 aliphatic carbocycles. The standard InChI is InChI=1S/C16H24N2O3/c1-4-9-17-10-5-7-12(17)14(19)18-11-6-8-16(2,3)13(18)15(20)21/h5,7,10,13H,4,6,8-9,11H2,1-3H3,(H,20,21). The summed E-state index contributed by atoms with van der Waals surface area (Å²) in [5.41, 5.74) is 0.183. The molecule has 1 aromatic heterocycles. The molecule has 0 aromatic carbocycles. The lowest BCUT2D eigenvalue weighted by atomic mass is 9.76. The van der Waals surface area contributed by atoms with Crippen LogP contribution in [0.25, 0.3) is 0 Å². The normalized spacial score (nSPS) is 21.3. The van der Waals surface area contributed by atoms with Crippen LogP contribution in [-0.2, 0) is 11.3 Å². The van der Waals surface area contributed by atoms with Crippen molar-refractivity contribution in [3.05, 3.63) is 24.0 Å². The molecule has 2 rings (SSSR count). The van der Waals surface area contributed by atoms with E-state index in [1.165, 1.54) is 4.90 Å². The number of piperidine rings is 1. The van der Waals surface area contributed by atoms with Gasteiger partial charge < -0.3 is 14.6 Å². The Hall–Kier alpha value is -1.78. The molecule has 1 aromatic rings. The van der Waals surface area contributed by atoms with Crippen LogP contribution in [0.15, 0.2) is 18.3 Å². The average Bonchev–Trinajstić information content (AvgIpc) is 2.84. The van der Waals surface area contributed by atoms with E-state index in [-0.39, 0.29) is 5.91 Å². The maximum absolute atomic E-state index is 12.8. The van der Waals surface area contributed by atoms with Crippen molar-refractivity contribution in [2.75, 3.05) is 6.54 Å². The van der Waals surface area contributed by atoms with Gasteiger partial charge in [-0.05, 0) is 36.8 Å². The molecular weight excluding hydrogens is 268 g/mol. The molecule has 1 saturated heterocycles. The number of likely N-dealkylation sites (tertiary alicyclic amines) is 1. The van der Waals surface area contributed by atoms with E-state index in [0.717, 1.165) is 25.8 Å². The molecule has 1 N–H and O–H groups in total. The minimum atomic E-state index is -0.915. The largest absolute Gasteiger partial charge is 0.480 e. The number of amides is 1. The number of carbonyl (C=O) groups excluding carboxylic acids is 1. The molecule has 5 nitrogen and oxygen atoms in total. The molecular formula is C16H24N2O3. The van der Waals surface area contributed by atoms with Crippen LogP contribution in [0.3, 0.4) is 0 Å². The Labute approximate surface area is 125 Å². The number of rotatable bonds is 4. The zero-order valence-electron chi connectivity index (χ0n) is 13.0. The molecule has 1 aliphatic heterocycles. The van der Waals surface area contributed by atoms with Gasteiger partial charge in [-0.15, -0.1) is 0 Å². The summed E-state index contributed by atoms with van der Waals surface area (Å²) in [6, 6.07) is 2.86. The van der Waals surface area contributed by atoms with E-state index in [1.807, 2.05) is 30.7 Å². The van der Waals surface area contributed by atoms with Crippen LogP contribution >= 0.6 is 0 Å². The SMILES string of the molecule is CCCn1cccc1C(=O)N1CCCC(C)(C)C1C(=O)O. The first-order valence-corrected chi connectivity index (χ1v) is 7.57. The molecule has 1 fully saturated rings. The fourth-order valence-electron chi connectivity index (χ4n) is 3.27. The number of aromatic nitrogens is 1. The van der Waals surface area contributed by atoms with Gasteiger partial charge in [0.1, 0.15) is 11.7 Å². The van der Waals surface area contributed by atoms with Crippen molar-refractivity contribution in [3.63, 3.8) is 0 Å². The van der Waals surface area contributed by atoms with E-state index in [2.05, 4.69) is 6.92 Å². The maximum atomic E-state index is 12.8. The molecule has 2 heterocycles. The Morgan fingerprint density at radius 3 is 2.76 bits per heavy atom. The molecule has 0 bridgehead atoms. The van der Waals surface area contributed by atoms with Crippen LogP contribution in [0.4, 0.5) is 0 Å². The van der Waals surface area contributed by atoms with Crippen molar-refractivity contribution < 1.29 is 14.7 Å². The van der Waals surface area contributed by atoms with Crippen LogP contribution in [0.2, 0.25) is 0 Å². The molecule has 1 unspecified atom stereocenters. The monoisotopic (exact) mass is 292 g/mol. The number of aliphatic carboxylic acids is 1. The third-order valence-electron chi connectivity index (χ3n) is 4.28. The number of aryl methyl sites for hydroxylation is 1. The van der Waals surface area contributed by atoms with E-state index in [4.69, 9.17) is 0 Å². The van der Waals surface area contributed by atoms with Crippen molar-refractivity contribution in [2.24, 2.45) is 5.41 Å². The highest BCUT2D eigenvalue weighted by Gasteiger charge is 2.45. The third-order valence-corrected chi connectivity index (χ3v) is 4.28. The summed E-state index contributed by atoms with van der Waals surface area (Å²) < 4.78 is 1.91. The van der Waals surface area contributed by atoms with E-state index in [0.29, 0.717) is 12.2 Å². The molecule has 21 heavy (non-hydrogen) atoms. The Balaban J connectivity index is 2.32. The first-order valence-electron chi connectivity index (χ1n) is 7.57. The molecule has 0 saturated carbocycles. The molecule has 0 spiro atoms.